The standard InChI is InChI=1S/C23H19N3O3S2/c1-16(19-9-8-17-5-2-3-6-20(17)15-19)24-25-23(27)18-10-12-21(13-11-18)26-31(28,29)22-7-4-14-30-22/h2-15,26H,1H3,(H,25,27)/b24-16+. The quantitative estimate of drug-likeness (QED) is 0.326. The van der Waals surface area contributed by atoms with E-state index in [2.05, 4.69) is 15.2 Å². The Morgan fingerprint density at radius 2 is 1.58 bits per heavy atom. The summed E-state index contributed by atoms with van der Waals surface area (Å²) < 4.78 is 27.3. The van der Waals surface area contributed by atoms with Crippen LogP contribution in [0, 0.1) is 0 Å². The van der Waals surface area contributed by atoms with Gasteiger partial charge in [-0.05, 0) is 65.0 Å². The number of benzene rings is 3. The van der Waals surface area contributed by atoms with Gasteiger partial charge in [0.05, 0.1) is 5.71 Å². The molecule has 0 saturated carbocycles. The van der Waals surface area contributed by atoms with Crippen LogP contribution in [0.5, 0.6) is 0 Å². The van der Waals surface area contributed by atoms with Gasteiger partial charge in [-0.25, -0.2) is 13.8 Å². The topological polar surface area (TPSA) is 87.6 Å². The number of hydrogen-bond acceptors (Lipinski definition) is 5. The van der Waals surface area contributed by atoms with E-state index in [0.717, 1.165) is 27.7 Å². The fourth-order valence-electron chi connectivity index (χ4n) is 2.99. The smallest absolute Gasteiger partial charge is 0.271 e. The van der Waals surface area contributed by atoms with Gasteiger partial charge < -0.3 is 0 Å². The number of carbonyl (C=O) groups excluding carboxylic acids is 1. The first-order valence-corrected chi connectivity index (χ1v) is 11.8. The van der Waals surface area contributed by atoms with E-state index in [1.165, 1.54) is 6.07 Å². The molecular formula is C23H19N3O3S2. The zero-order valence-electron chi connectivity index (χ0n) is 16.6. The van der Waals surface area contributed by atoms with Crippen LogP contribution in [0.15, 0.2) is 93.6 Å². The second-order valence-corrected chi connectivity index (χ2v) is 9.67. The van der Waals surface area contributed by atoms with Gasteiger partial charge in [-0.3, -0.25) is 9.52 Å². The van der Waals surface area contributed by atoms with Gasteiger partial charge in [0.15, 0.2) is 0 Å². The second kappa shape index (κ2) is 8.71. The lowest BCUT2D eigenvalue weighted by Gasteiger charge is -2.07. The normalized spacial score (nSPS) is 12.0. The lowest BCUT2D eigenvalue weighted by molar-refractivity contribution is 0.0955. The van der Waals surface area contributed by atoms with Gasteiger partial charge in [0.2, 0.25) is 0 Å². The Labute approximate surface area is 184 Å². The van der Waals surface area contributed by atoms with Gasteiger partial charge >= 0.3 is 0 Å². The van der Waals surface area contributed by atoms with Crippen LogP contribution in [0.25, 0.3) is 10.8 Å². The summed E-state index contributed by atoms with van der Waals surface area (Å²) in [6.07, 6.45) is 0. The van der Waals surface area contributed by atoms with Crippen molar-refractivity contribution >= 4 is 49.4 Å². The molecule has 0 saturated heterocycles. The van der Waals surface area contributed by atoms with Crippen molar-refractivity contribution in [1.29, 1.82) is 0 Å². The number of carbonyl (C=O) groups is 1. The van der Waals surface area contributed by atoms with Crippen molar-refractivity contribution in [2.75, 3.05) is 4.72 Å². The molecule has 0 aliphatic carbocycles. The van der Waals surface area contributed by atoms with Gasteiger partial charge in [-0.2, -0.15) is 5.10 Å². The molecule has 156 valence electrons. The van der Waals surface area contributed by atoms with E-state index in [1.54, 1.807) is 35.7 Å². The van der Waals surface area contributed by atoms with Crippen LogP contribution < -0.4 is 10.1 Å². The highest BCUT2D eigenvalue weighted by molar-refractivity contribution is 7.94. The zero-order chi connectivity index (χ0) is 21.8. The summed E-state index contributed by atoms with van der Waals surface area (Å²) >= 11 is 1.14. The minimum Gasteiger partial charge on any atom is -0.279 e. The largest absolute Gasteiger partial charge is 0.279 e. The van der Waals surface area contributed by atoms with E-state index in [-0.39, 0.29) is 10.1 Å². The number of anilines is 1. The number of amides is 1. The number of hydrogen-bond donors (Lipinski definition) is 2. The summed E-state index contributed by atoms with van der Waals surface area (Å²) in [5.74, 6) is -0.382. The van der Waals surface area contributed by atoms with Crippen molar-refractivity contribution in [2.45, 2.75) is 11.1 Å². The number of fused-ring (bicyclic) bond motifs is 1. The zero-order valence-corrected chi connectivity index (χ0v) is 18.2. The molecular weight excluding hydrogens is 430 g/mol. The monoisotopic (exact) mass is 449 g/mol. The van der Waals surface area contributed by atoms with Crippen LogP contribution >= 0.6 is 11.3 Å². The number of sulfonamides is 1. The molecule has 0 radical (unpaired) electrons. The Hall–Kier alpha value is -3.49. The fourth-order valence-corrected chi connectivity index (χ4v) is 5.04. The molecule has 4 aromatic rings. The fraction of sp³-hybridized carbons (Fsp3) is 0.0435. The highest BCUT2D eigenvalue weighted by Crippen LogP contribution is 2.20. The molecule has 3 aromatic carbocycles. The minimum atomic E-state index is -3.62. The van der Waals surface area contributed by atoms with Crippen molar-refractivity contribution in [1.82, 2.24) is 5.43 Å². The summed E-state index contributed by atoms with van der Waals surface area (Å²) in [6, 6.07) is 23.4. The molecule has 8 heteroatoms. The van der Waals surface area contributed by atoms with Crippen LogP contribution in [0.4, 0.5) is 5.69 Å². The average molecular weight is 450 g/mol. The van der Waals surface area contributed by atoms with E-state index < -0.39 is 10.0 Å². The van der Waals surface area contributed by atoms with Gasteiger partial charge in [-0.15, -0.1) is 11.3 Å². The Kier molecular flexibility index (Phi) is 5.83. The van der Waals surface area contributed by atoms with Crippen LogP contribution in [0.1, 0.15) is 22.8 Å². The van der Waals surface area contributed by atoms with E-state index in [9.17, 15) is 13.2 Å². The molecule has 31 heavy (non-hydrogen) atoms. The van der Waals surface area contributed by atoms with Crippen LogP contribution in [0.3, 0.4) is 0 Å². The van der Waals surface area contributed by atoms with E-state index in [1.807, 2.05) is 49.4 Å². The Bertz CT molecular complexity index is 1360. The van der Waals surface area contributed by atoms with E-state index in [4.69, 9.17) is 0 Å². The maximum Gasteiger partial charge on any atom is 0.271 e. The van der Waals surface area contributed by atoms with E-state index in [0.29, 0.717) is 17.0 Å². The number of nitrogens with zero attached hydrogens (tertiary/aromatic N) is 1. The summed E-state index contributed by atoms with van der Waals surface area (Å²) in [5, 5.41) is 8.13. The van der Waals surface area contributed by atoms with Crippen molar-refractivity contribution in [3.8, 4) is 0 Å². The van der Waals surface area contributed by atoms with Crippen LogP contribution in [-0.4, -0.2) is 20.0 Å². The predicted molar refractivity (Wildman–Crippen MR) is 125 cm³/mol. The SMILES string of the molecule is C/C(=N\NC(=O)c1ccc(NS(=O)(=O)c2cccs2)cc1)c1ccc2ccccc2c1. The predicted octanol–water partition coefficient (Wildman–Crippen LogP) is 4.86. The second-order valence-electron chi connectivity index (χ2n) is 6.82. The van der Waals surface area contributed by atoms with Crippen molar-refractivity contribution in [3.05, 3.63) is 95.4 Å². The molecule has 1 heterocycles. The summed E-state index contributed by atoms with van der Waals surface area (Å²) in [5.41, 5.74) is 4.89. The number of rotatable bonds is 6. The van der Waals surface area contributed by atoms with Crippen LogP contribution in [0.2, 0.25) is 0 Å². The summed E-state index contributed by atoms with van der Waals surface area (Å²) in [6.45, 7) is 1.83. The molecule has 0 aliphatic rings. The highest BCUT2D eigenvalue weighted by atomic mass is 32.2. The molecule has 1 amide bonds. The summed E-state index contributed by atoms with van der Waals surface area (Å²) in [4.78, 5) is 12.4. The summed E-state index contributed by atoms with van der Waals surface area (Å²) in [7, 11) is -3.62. The molecule has 0 bridgehead atoms. The molecule has 0 spiro atoms. The van der Waals surface area contributed by atoms with Crippen molar-refractivity contribution in [3.63, 3.8) is 0 Å². The third-order valence-electron chi connectivity index (χ3n) is 4.65. The maximum atomic E-state index is 12.4. The molecule has 1 aromatic heterocycles. The lowest BCUT2D eigenvalue weighted by atomic mass is 10.0. The molecule has 4 rings (SSSR count). The first-order valence-electron chi connectivity index (χ1n) is 9.42. The van der Waals surface area contributed by atoms with Gasteiger partial charge in [0.1, 0.15) is 4.21 Å². The van der Waals surface area contributed by atoms with E-state index >= 15 is 0 Å². The van der Waals surface area contributed by atoms with Crippen LogP contribution in [-0.2, 0) is 10.0 Å². The van der Waals surface area contributed by atoms with Crippen molar-refractivity contribution < 1.29 is 13.2 Å². The number of thiophene rings is 1. The third kappa shape index (κ3) is 4.82. The highest BCUT2D eigenvalue weighted by Gasteiger charge is 2.15. The molecule has 0 unspecified atom stereocenters. The molecule has 0 aliphatic heterocycles. The van der Waals surface area contributed by atoms with Gasteiger partial charge in [-0.1, -0.05) is 42.5 Å². The molecule has 6 nitrogen and oxygen atoms in total. The minimum absolute atomic E-state index is 0.229. The average Bonchev–Trinajstić information content (AvgIpc) is 3.33. The Balaban J connectivity index is 1.43. The van der Waals surface area contributed by atoms with Gasteiger partial charge in [0.25, 0.3) is 15.9 Å². The first kappa shape index (κ1) is 20.8. The van der Waals surface area contributed by atoms with Crippen molar-refractivity contribution in [2.24, 2.45) is 5.10 Å². The molecule has 0 atom stereocenters. The number of hydrazone groups is 1. The Morgan fingerprint density at radius 1 is 0.871 bits per heavy atom. The molecule has 0 fully saturated rings. The van der Waals surface area contributed by atoms with Gasteiger partial charge in [0, 0.05) is 11.3 Å². The lowest BCUT2D eigenvalue weighted by Crippen LogP contribution is -2.19. The Morgan fingerprint density at radius 3 is 2.29 bits per heavy atom. The first-order chi connectivity index (χ1) is 14.9. The third-order valence-corrected chi connectivity index (χ3v) is 7.43. The maximum absolute atomic E-state index is 12.4. The molecule has 2 N–H and O–H groups in total. The number of nitrogens with one attached hydrogen (secondary N) is 2.